The second-order valence-corrected chi connectivity index (χ2v) is 4.78. The van der Waals surface area contributed by atoms with Crippen molar-refractivity contribution in [3.05, 3.63) is 12.4 Å². The van der Waals surface area contributed by atoms with E-state index in [2.05, 4.69) is 15.6 Å². The molecule has 2 fully saturated rings. The van der Waals surface area contributed by atoms with E-state index in [0.29, 0.717) is 24.9 Å². The van der Waals surface area contributed by atoms with Crippen molar-refractivity contribution in [2.45, 2.75) is 25.4 Å². The molecule has 2 aliphatic rings. The highest BCUT2D eigenvalue weighted by Crippen LogP contribution is 2.27. The summed E-state index contributed by atoms with van der Waals surface area (Å²) in [6, 6.07) is 0.429. The summed E-state index contributed by atoms with van der Waals surface area (Å²) in [5.74, 6) is 0.919. The molecule has 17 heavy (non-hydrogen) atoms. The summed E-state index contributed by atoms with van der Waals surface area (Å²) >= 11 is 0. The van der Waals surface area contributed by atoms with Gasteiger partial charge in [0.25, 0.3) is 0 Å². The quantitative estimate of drug-likeness (QED) is 0.766. The molecule has 0 saturated carbocycles. The van der Waals surface area contributed by atoms with Crippen LogP contribution in [-0.4, -0.2) is 51.5 Å². The molecule has 0 unspecified atom stereocenters. The number of fused-ring (bicyclic) bond motifs is 1. The van der Waals surface area contributed by atoms with E-state index in [4.69, 9.17) is 0 Å². The lowest BCUT2D eigenvalue weighted by Gasteiger charge is -2.23. The van der Waals surface area contributed by atoms with Crippen LogP contribution in [0.3, 0.4) is 0 Å². The Morgan fingerprint density at radius 1 is 1.47 bits per heavy atom. The second kappa shape index (κ2) is 4.44. The van der Waals surface area contributed by atoms with Crippen LogP contribution in [0.4, 0.5) is 0 Å². The van der Waals surface area contributed by atoms with E-state index in [1.165, 1.54) is 0 Å². The molecule has 1 amide bonds. The second-order valence-electron chi connectivity index (χ2n) is 4.78. The van der Waals surface area contributed by atoms with E-state index >= 15 is 0 Å². The Bertz CT molecular complexity index is 391. The van der Waals surface area contributed by atoms with Gasteiger partial charge < -0.3 is 10.2 Å². The maximum Gasteiger partial charge on any atom is 0.224 e. The van der Waals surface area contributed by atoms with Gasteiger partial charge in [-0.2, -0.15) is 0 Å². The zero-order valence-corrected chi connectivity index (χ0v) is 9.75. The number of nitrogens with zero attached hydrogens (tertiary/aromatic N) is 4. The number of aryl methyl sites for hydroxylation is 1. The van der Waals surface area contributed by atoms with Crippen molar-refractivity contribution < 1.29 is 4.79 Å². The van der Waals surface area contributed by atoms with E-state index in [0.717, 1.165) is 26.1 Å². The third-order valence-corrected chi connectivity index (χ3v) is 3.79. The highest BCUT2D eigenvalue weighted by molar-refractivity contribution is 5.77. The third kappa shape index (κ3) is 2.04. The maximum atomic E-state index is 12.1. The zero-order valence-electron chi connectivity index (χ0n) is 9.75. The van der Waals surface area contributed by atoms with E-state index in [1.54, 1.807) is 17.1 Å². The molecular weight excluding hydrogens is 218 g/mol. The van der Waals surface area contributed by atoms with Gasteiger partial charge in [0.05, 0.1) is 12.7 Å². The first-order valence-electron chi connectivity index (χ1n) is 6.19. The van der Waals surface area contributed by atoms with Crippen molar-refractivity contribution in [2.75, 3.05) is 19.6 Å². The van der Waals surface area contributed by atoms with Crippen LogP contribution in [0, 0.1) is 5.92 Å². The first-order valence-corrected chi connectivity index (χ1v) is 6.19. The standard InChI is InChI=1S/C11H17N5O/c17-11(2-4-15-6-3-13-14-15)16-5-1-9-7-12-8-10(9)16/h3,6,9-10,12H,1-2,4-5,7-8H2/t9-,10+/m1/s1. The van der Waals surface area contributed by atoms with E-state index in [1.807, 2.05) is 4.90 Å². The predicted molar refractivity (Wildman–Crippen MR) is 61.1 cm³/mol. The minimum absolute atomic E-state index is 0.247. The topological polar surface area (TPSA) is 63.1 Å². The van der Waals surface area contributed by atoms with E-state index < -0.39 is 0 Å². The molecule has 1 aromatic rings. The van der Waals surface area contributed by atoms with Crippen LogP contribution in [0.1, 0.15) is 12.8 Å². The van der Waals surface area contributed by atoms with Crippen LogP contribution >= 0.6 is 0 Å². The number of amides is 1. The number of rotatable bonds is 3. The highest BCUT2D eigenvalue weighted by Gasteiger charge is 2.39. The van der Waals surface area contributed by atoms with E-state index in [9.17, 15) is 4.79 Å². The molecule has 2 saturated heterocycles. The summed E-state index contributed by atoms with van der Waals surface area (Å²) in [6.45, 7) is 3.57. The van der Waals surface area contributed by atoms with Gasteiger partial charge in [-0.1, -0.05) is 5.21 Å². The lowest BCUT2D eigenvalue weighted by molar-refractivity contribution is -0.132. The van der Waals surface area contributed by atoms with Gasteiger partial charge in [-0.15, -0.1) is 5.10 Å². The molecule has 92 valence electrons. The molecule has 2 atom stereocenters. The van der Waals surface area contributed by atoms with Crippen molar-refractivity contribution in [3.63, 3.8) is 0 Å². The van der Waals surface area contributed by atoms with Crippen LogP contribution in [-0.2, 0) is 11.3 Å². The van der Waals surface area contributed by atoms with Crippen LogP contribution in [0.2, 0.25) is 0 Å². The summed E-state index contributed by atoms with van der Waals surface area (Å²) in [5.41, 5.74) is 0. The largest absolute Gasteiger partial charge is 0.338 e. The molecule has 2 aliphatic heterocycles. The van der Waals surface area contributed by atoms with Crippen molar-refractivity contribution in [1.82, 2.24) is 25.2 Å². The first-order chi connectivity index (χ1) is 8.34. The third-order valence-electron chi connectivity index (χ3n) is 3.79. The number of likely N-dealkylation sites (tertiary alicyclic amines) is 1. The lowest BCUT2D eigenvalue weighted by Crippen LogP contribution is -2.39. The maximum absolute atomic E-state index is 12.1. The Balaban J connectivity index is 1.55. The van der Waals surface area contributed by atoms with Crippen molar-refractivity contribution in [3.8, 4) is 0 Å². The zero-order chi connectivity index (χ0) is 11.7. The van der Waals surface area contributed by atoms with Gasteiger partial charge >= 0.3 is 0 Å². The molecule has 0 aliphatic carbocycles. The molecule has 0 radical (unpaired) electrons. The molecule has 6 heteroatoms. The molecule has 0 bridgehead atoms. The summed E-state index contributed by atoms with van der Waals surface area (Å²) in [7, 11) is 0. The normalized spacial score (nSPS) is 27.4. The molecule has 0 aromatic carbocycles. The first kappa shape index (κ1) is 10.7. The number of hydrogen-bond donors (Lipinski definition) is 1. The summed E-state index contributed by atoms with van der Waals surface area (Å²) in [5, 5.41) is 11.0. The number of aromatic nitrogens is 3. The van der Waals surface area contributed by atoms with Gasteiger partial charge in [0.2, 0.25) is 5.91 Å². The van der Waals surface area contributed by atoms with Gasteiger partial charge in [-0.3, -0.25) is 9.48 Å². The smallest absolute Gasteiger partial charge is 0.224 e. The van der Waals surface area contributed by atoms with Gasteiger partial charge in [0, 0.05) is 38.3 Å². The minimum atomic E-state index is 0.247. The fourth-order valence-electron chi connectivity index (χ4n) is 2.86. The molecule has 6 nitrogen and oxygen atoms in total. The van der Waals surface area contributed by atoms with E-state index in [-0.39, 0.29) is 5.91 Å². The fourth-order valence-corrected chi connectivity index (χ4v) is 2.86. The monoisotopic (exact) mass is 235 g/mol. The number of hydrogen-bond acceptors (Lipinski definition) is 4. The van der Waals surface area contributed by atoms with Crippen LogP contribution in [0.15, 0.2) is 12.4 Å². The van der Waals surface area contributed by atoms with Gasteiger partial charge in [-0.05, 0) is 12.3 Å². The van der Waals surface area contributed by atoms with Gasteiger partial charge in [-0.25, -0.2) is 0 Å². The molecular formula is C11H17N5O. The Morgan fingerprint density at radius 2 is 2.41 bits per heavy atom. The van der Waals surface area contributed by atoms with Gasteiger partial charge in [0.15, 0.2) is 0 Å². The number of nitrogens with one attached hydrogen (secondary N) is 1. The van der Waals surface area contributed by atoms with Crippen molar-refractivity contribution in [2.24, 2.45) is 5.92 Å². The van der Waals surface area contributed by atoms with Crippen LogP contribution in [0.5, 0.6) is 0 Å². The van der Waals surface area contributed by atoms with Crippen LogP contribution in [0.25, 0.3) is 0 Å². The molecule has 3 heterocycles. The fraction of sp³-hybridized carbons (Fsp3) is 0.727. The highest BCUT2D eigenvalue weighted by atomic mass is 16.2. The Kier molecular flexibility index (Phi) is 2.80. The molecule has 1 N–H and O–H groups in total. The number of carbonyl (C=O) groups excluding carboxylic acids is 1. The van der Waals surface area contributed by atoms with Gasteiger partial charge in [0.1, 0.15) is 0 Å². The summed E-state index contributed by atoms with van der Waals surface area (Å²) in [4.78, 5) is 14.2. The predicted octanol–water partition coefficient (Wildman–Crippen LogP) is -0.511. The molecule has 3 rings (SSSR count). The average molecular weight is 235 g/mol. The van der Waals surface area contributed by atoms with Crippen molar-refractivity contribution in [1.29, 1.82) is 0 Å². The lowest BCUT2D eigenvalue weighted by atomic mass is 10.1. The summed E-state index contributed by atoms with van der Waals surface area (Å²) in [6.07, 6.45) is 5.09. The molecule has 1 aromatic heterocycles. The Labute approximate surface area is 100.0 Å². The summed E-state index contributed by atoms with van der Waals surface area (Å²) < 4.78 is 1.71. The number of carbonyl (C=O) groups is 1. The van der Waals surface area contributed by atoms with Crippen molar-refractivity contribution >= 4 is 5.91 Å². The molecule has 0 spiro atoms. The Hall–Kier alpha value is -1.43. The van der Waals surface area contributed by atoms with Crippen LogP contribution < -0.4 is 5.32 Å². The average Bonchev–Trinajstić information content (AvgIpc) is 3.02. The minimum Gasteiger partial charge on any atom is -0.338 e. The SMILES string of the molecule is O=C(CCn1ccnn1)N1CC[C@@H]2CNC[C@@H]21. The Morgan fingerprint density at radius 3 is 3.24 bits per heavy atom.